The van der Waals surface area contributed by atoms with Crippen molar-refractivity contribution < 1.29 is 9.25 Å². The van der Waals surface area contributed by atoms with E-state index < -0.39 is 0 Å². The van der Waals surface area contributed by atoms with E-state index in [1.165, 1.54) is 4.70 Å². The monoisotopic (exact) mass is 343 g/mol. The number of hydrogen-bond donors (Lipinski definition) is 1. The van der Waals surface area contributed by atoms with E-state index in [0.29, 0.717) is 6.04 Å². The Kier molecular flexibility index (Phi) is 4.62. The van der Waals surface area contributed by atoms with E-state index in [2.05, 4.69) is 16.4 Å². The zero-order chi connectivity index (χ0) is 16.4. The van der Waals surface area contributed by atoms with Crippen molar-refractivity contribution in [1.29, 1.82) is 0 Å². The Labute approximate surface area is 145 Å². The third kappa shape index (κ3) is 3.37. The number of hydroxylamine groups is 2. The number of benzene rings is 1. The van der Waals surface area contributed by atoms with Crippen LogP contribution >= 0.6 is 11.3 Å². The molecule has 2 aromatic heterocycles. The second kappa shape index (κ2) is 7.03. The minimum Gasteiger partial charge on any atom is -0.457 e. The molecular formula is C18H21N3O2S. The molecule has 0 amide bonds. The van der Waals surface area contributed by atoms with Crippen molar-refractivity contribution in [2.75, 3.05) is 20.2 Å². The highest BCUT2D eigenvalue weighted by Gasteiger charge is 2.19. The third-order valence-corrected chi connectivity index (χ3v) is 5.49. The first kappa shape index (κ1) is 15.8. The van der Waals surface area contributed by atoms with Gasteiger partial charge in [0.15, 0.2) is 10.8 Å². The normalized spacial score (nSPS) is 16.9. The van der Waals surface area contributed by atoms with Gasteiger partial charge in [0, 0.05) is 19.1 Å². The van der Waals surface area contributed by atoms with E-state index in [1.807, 2.05) is 35.4 Å². The van der Waals surface area contributed by atoms with Gasteiger partial charge in [-0.2, -0.15) is 5.06 Å². The number of furan rings is 1. The number of nitrogens with one attached hydrogen (secondary N) is 1. The molecule has 1 aromatic carbocycles. The summed E-state index contributed by atoms with van der Waals surface area (Å²) in [6, 6.07) is 12.8. The Morgan fingerprint density at radius 1 is 1.25 bits per heavy atom. The molecule has 24 heavy (non-hydrogen) atoms. The number of thiazole rings is 1. The van der Waals surface area contributed by atoms with Crippen LogP contribution in [0.5, 0.6) is 0 Å². The molecule has 3 heterocycles. The summed E-state index contributed by atoms with van der Waals surface area (Å²) < 4.78 is 7.17. The van der Waals surface area contributed by atoms with Crippen LogP contribution in [0.3, 0.4) is 0 Å². The van der Waals surface area contributed by atoms with E-state index >= 15 is 0 Å². The molecule has 0 unspecified atom stereocenters. The number of hydrogen-bond acceptors (Lipinski definition) is 6. The molecule has 1 saturated heterocycles. The lowest BCUT2D eigenvalue weighted by atomic mass is 10.1. The van der Waals surface area contributed by atoms with Crippen LogP contribution in [0.4, 0.5) is 0 Å². The van der Waals surface area contributed by atoms with Crippen molar-refractivity contribution in [3.05, 3.63) is 42.2 Å². The first-order valence-electron chi connectivity index (χ1n) is 8.29. The number of rotatable bonds is 5. The molecule has 126 valence electrons. The van der Waals surface area contributed by atoms with Gasteiger partial charge in [0.05, 0.1) is 23.9 Å². The predicted molar refractivity (Wildman–Crippen MR) is 95.8 cm³/mol. The van der Waals surface area contributed by atoms with Crippen molar-refractivity contribution in [2.45, 2.75) is 25.4 Å². The van der Waals surface area contributed by atoms with E-state index in [0.717, 1.165) is 54.5 Å². The van der Waals surface area contributed by atoms with Gasteiger partial charge in [0.25, 0.3) is 0 Å². The van der Waals surface area contributed by atoms with Crippen LogP contribution in [-0.2, 0) is 11.4 Å². The van der Waals surface area contributed by atoms with Crippen LogP contribution < -0.4 is 5.32 Å². The van der Waals surface area contributed by atoms with Crippen molar-refractivity contribution in [2.24, 2.45) is 0 Å². The minimum atomic E-state index is 0.521. The smallest absolute Gasteiger partial charge is 0.163 e. The first-order valence-corrected chi connectivity index (χ1v) is 9.10. The molecule has 3 aromatic rings. The zero-order valence-corrected chi connectivity index (χ0v) is 14.5. The van der Waals surface area contributed by atoms with Gasteiger partial charge in [0.1, 0.15) is 5.76 Å². The molecule has 1 aliphatic heterocycles. The fourth-order valence-electron chi connectivity index (χ4n) is 3.05. The van der Waals surface area contributed by atoms with E-state index in [1.54, 1.807) is 18.4 Å². The van der Waals surface area contributed by atoms with Gasteiger partial charge < -0.3 is 14.6 Å². The SMILES string of the molecule is CON1CCC(NCc2ccc(-c3nc4ccccc4s3)o2)CC1. The first-order chi connectivity index (χ1) is 11.8. The van der Waals surface area contributed by atoms with Crippen molar-refractivity contribution in [1.82, 2.24) is 15.4 Å². The minimum absolute atomic E-state index is 0.521. The number of nitrogens with zero attached hydrogens (tertiary/aromatic N) is 2. The largest absolute Gasteiger partial charge is 0.457 e. The van der Waals surface area contributed by atoms with Gasteiger partial charge in [-0.15, -0.1) is 11.3 Å². The van der Waals surface area contributed by atoms with Crippen LogP contribution in [0.1, 0.15) is 18.6 Å². The molecule has 0 radical (unpaired) electrons. The summed E-state index contributed by atoms with van der Waals surface area (Å²) in [7, 11) is 1.74. The molecule has 0 spiro atoms. The van der Waals surface area contributed by atoms with Crippen molar-refractivity contribution in [3.8, 4) is 10.8 Å². The average Bonchev–Trinajstić information content (AvgIpc) is 3.27. The topological polar surface area (TPSA) is 50.5 Å². The van der Waals surface area contributed by atoms with Crippen LogP contribution in [0.2, 0.25) is 0 Å². The van der Waals surface area contributed by atoms with Crippen LogP contribution in [0, 0.1) is 0 Å². The van der Waals surface area contributed by atoms with E-state index in [-0.39, 0.29) is 0 Å². The summed E-state index contributed by atoms with van der Waals surface area (Å²) >= 11 is 1.67. The molecule has 1 aliphatic rings. The maximum atomic E-state index is 5.98. The van der Waals surface area contributed by atoms with Gasteiger partial charge in [-0.25, -0.2) is 4.98 Å². The molecule has 0 aliphatic carbocycles. The summed E-state index contributed by atoms with van der Waals surface area (Å²) in [5.74, 6) is 1.81. The quantitative estimate of drug-likeness (QED) is 0.766. The highest BCUT2D eigenvalue weighted by Crippen LogP contribution is 2.31. The molecule has 4 rings (SSSR count). The van der Waals surface area contributed by atoms with Crippen molar-refractivity contribution in [3.63, 3.8) is 0 Å². The van der Waals surface area contributed by atoms with Gasteiger partial charge in [-0.05, 0) is 37.1 Å². The molecule has 0 atom stereocenters. The summed E-state index contributed by atoms with van der Waals surface area (Å²) in [5.41, 5.74) is 1.03. The van der Waals surface area contributed by atoms with E-state index in [9.17, 15) is 0 Å². The Balaban J connectivity index is 1.38. The number of aromatic nitrogens is 1. The van der Waals surface area contributed by atoms with Crippen LogP contribution in [0.15, 0.2) is 40.8 Å². The molecule has 5 nitrogen and oxygen atoms in total. The standard InChI is InChI=1S/C18H21N3O2S/c1-22-21-10-8-13(9-11-21)19-12-14-6-7-16(23-14)18-20-15-4-2-3-5-17(15)24-18/h2-7,13,19H,8-12H2,1H3. The zero-order valence-electron chi connectivity index (χ0n) is 13.7. The fourth-order valence-corrected chi connectivity index (χ4v) is 3.98. The fraction of sp³-hybridized carbons (Fsp3) is 0.389. The Morgan fingerprint density at radius 2 is 2.08 bits per heavy atom. The second-order valence-corrected chi connectivity index (χ2v) is 7.05. The van der Waals surface area contributed by atoms with Crippen LogP contribution in [-0.4, -0.2) is 36.3 Å². The number of fused-ring (bicyclic) bond motifs is 1. The molecule has 0 bridgehead atoms. The van der Waals surface area contributed by atoms with E-state index in [4.69, 9.17) is 9.25 Å². The maximum absolute atomic E-state index is 5.98. The average molecular weight is 343 g/mol. The lowest BCUT2D eigenvalue weighted by Crippen LogP contribution is -2.41. The number of para-hydroxylation sites is 1. The molecule has 1 N–H and O–H groups in total. The summed E-state index contributed by atoms with van der Waals surface area (Å²) in [6.07, 6.45) is 2.19. The lowest BCUT2D eigenvalue weighted by Gasteiger charge is -2.30. The predicted octanol–water partition coefficient (Wildman–Crippen LogP) is 3.67. The van der Waals surface area contributed by atoms with Gasteiger partial charge in [-0.3, -0.25) is 0 Å². The second-order valence-electron chi connectivity index (χ2n) is 6.02. The Morgan fingerprint density at radius 3 is 2.88 bits per heavy atom. The van der Waals surface area contributed by atoms with Gasteiger partial charge in [0.2, 0.25) is 0 Å². The highest BCUT2D eigenvalue weighted by atomic mass is 32.1. The van der Waals surface area contributed by atoms with Gasteiger partial charge >= 0.3 is 0 Å². The molecule has 0 saturated carbocycles. The van der Waals surface area contributed by atoms with Gasteiger partial charge in [-0.1, -0.05) is 12.1 Å². The van der Waals surface area contributed by atoms with Crippen molar-refractivity contribution >= 4 is 21.6 Å². The number of piperidine rings is 1. The highest BCUT2D eigenvalue weighted by molar-refractivity contribution is 7.21. The lowest BCUT2D eigenvalue weighted by molar-refractivity contribution is -0.144. The molecule has 1 fully saturated rings. The molecule has 6 heteroatoms. The van der Waals surface area contributed by atoms with Crippen LogP contribution in [0.25, 0.3) is 21.0 Å². The third-order valence-electron chi connectivity index (χ3n) is 4.44. The Bertz CT molecular complexity index is 772. The summed E-state index contributed by atoms with van der Waals surface area (Å²) in [5, 5.41) is 6.53. The summed E-state index contributed by atoms with van der Waals surface area (Å²) in [4.78, 5) is 9.91. The maximum Gasteiger partial charge on any atom is 0.163 e. The Hall–Kier alpha value is -1.73. The summed E-state index contributed by atoms with van der Waals surface area (Å²) in [6.45, 7) is 2.70. The molecular weight excluding hydrogens is 322 g/mol.